The molecule has 0 amide bonds. The summed E-state index contributed by atoms with van der Waals surface area (Å²) in [5.74, 6) is 4.51. The molecule has 1 atom stereocenters. The Hall–Kier alpha value is -6.10. The predicted molar refractivity (Wildman–Crippen MR) is 195 cm³/mol. The van der Waals surface area contributed by atoms with Gasteiger partial charge in [-0.25, -0.2) is 0 Å². The summed E-state index contributed by atoms with van der Waals surface area (Å²) in [6, 6.07) is 52.8. The van der Waals surface area contributed by atoms with Crippen molar-refractivity contribution in [2.45, 2.75) is 12.3 Å². The number of benzene rings is 7. The number of ether oxygens (including phenoxy) is 1. The molecule has 7 aromatic carbocycles. The number of fused-ring (bicyclic) bond motifs is 5. The number of hydrogen-bond donors (Lipinski definition) is 0. The van der Waals surface area contributed by atoms with Crippen LogP contribution in [0.25, 0.3) is 50.2 Å². The Kier molecular flexibility index (Phi) is 6.07. The molecular formula is C46H30O. The highest BCUT2D eigenvalue weighted by Crippen LogP contribution is 2.58. The summed E-state index contributed by atoms with van der Waals surface area (Å²) in [5.41, 5.74) is 14.0. The molecule has 0 bridgehead atoms. The van der Waals surface area contributed by atoms with Crippen LogP contribution in [0, 0.1) is 19.3 Å². The van der Waals surface area contributed by atoms with Crippen molar-refractivity contribution in [3.05, 3.63) is 185 Å². The molecule has 1 unspecified atom stereocenters. The van der Waals surface area contributed by atoms with Gasteiger partial charge in [-0.1, -0.05) is 133 Å². The molecule has 0 saturated carbocycles. The van der Waals surface area contributed by atoms with Gasteiger partial charge in [-0.3, -0.25) is 0 Å². The van der Waals surface area contributed by atoms with Crippen molar-refractivity contribution < 1.29 is 4.74 Å². The molecule has 9 rings (SSSR count). The largest absolute Gasteiger partial charge is 0.456 e. The third-order valence-electron chi connectivity index (χ3n) is 10.0. The van der Waals surface area contributed by atoms with Gasteiger partial charge in [0.05, 0.1) is 5.41 Å². The molecule has 0 spiro atoms. The highest BCUT2D eigenvalue weighted by Gasteiger charge is 2.47. The minimum Gasteiger partial charge on any atom is -0.456 e. The maximum atomic E-state index is 6.43. The zero-order chi connectivity index (χ0) is 31.5. The van der Waals surface area contributed by atoms with Gasteiger partial charge < -0.3 is 4.74 Å². The molecule has 0 aromatic heterocycles. The zero-order valence-electron chi connectivity index (χ0n) is 26.0. The molecule has 2 aliphatic rings. The van der Waals surface area contributed by atoms with Crippen LogP contribution < -0.4 is 4.74 Å². The maximum Gasteiger partial charge on any atom is 0.135 e. The molecular weight excluding hydrogens is 569 g/mol. The van der Waals surface area contributed by atoms with Crippen LogP contribution in [0.15, 0.2) is 152 Å². The van der Waals surface area contributed by atoms with E-state index in [0.29, 0.717) is 0 Å². The second-order valence-electron chi connectivity index (χ2n) is 12.4. The van der Waals surface area contributed by atoms with Crippen LogP contribution in [0.3, 0.4) is 0 Å². The topological polar surface area (TPSA) is 9.23 Å². The average Bonchev–Trinajstić information content (AvgIpc) is 3.43. The molecule has 1 nitrogen and oxygen atoms in total. The van der Waals surface area contributed by atoms with Gasteiger partial charge in [0, 0.05) is 16.5 Å². The van der Waals surface area contributed by atoms with Crippen LogP contribution in [0.4, 0.5) is 0 Å². The standard InChI is InChI=1S/C46H30O/c1-3-4-19-35-30(2)25-28-40-44(35)37-20-8-10-22-39(37)46(40,33-16-6-5-7-17-33)34-18-12-15-32(29-34)36-27-26-31-14-13-24-42-43(31)45(36)38-21-9-11-23-41(38)47-42/h1,4-29H,2H3/b19-4-. The van der Waals surface area contributed by atoms with E-state index in [1.165, 1.54) is 66.6 Å². The summed E-state index contributed by atoms with van der Waals surface area (Å²) in [4.78, 5) is 0. The molecule has 0 N–H and O–H groups in total. The predicted octanol–water partition coefficient (Wildman–Crippen LogP) is 11.6. The number of terminal acetylenes is 1. The van der Waals surface area contributed by atoms with Crippen LogP contribution in [0.5, 0.6) is 11.5 Å². The average molecular weight is 599 g/mol. The van der Waals surface area contributed by atoms with E-state index in [2.05, 4.69) is 158 Å². The lowest BCUT2D eigenvalue weighted by Crippen LogP contribution is -2.28. The summed E-state index contributed by atoms with van der Waals surface area (Å²) >= 11 is 0. The molecule has 1 heterocycles. The Balaban J connectivity index is 1.37. The summed E-state index contributed by atoms with van der Waals surface area (Å²) < 4.78 is 6.43. The van der Waals surface area contributed by atoms with Crippen molar-refractivity contribution in [1.29, 1.82) is 0 Å². The van der Waals surface area contributed by atoms with Crippen molar-refractivity contribution >= 4 is 16.8 Å². The van der Waals surface area contributed by atoms with Crippen molar-refractivity contribution in [1.82, 2.24) is 0 Å². The number of hydrogen-bond acceptors (Lipinski definition) is 1. The smallest absolute Gasteiger partial charge is 0.135 e. The van der Waals surface area contributed by atoms with Gasteiger partial charge in [-0.05, 0) is 98.3 Å². The molecule has 0 saturated heterocycles. The number of allylic oxidation sites excluding steroid dienone is 1. The van der Waals surface area contributed by atoms with Crippen LogP contribution in [0.2, 0.25) is 0 Å². The summed E-state index contributed by atoms with van der Waals surface area (Å²) in [7, 11) is 0. The van der Waals surface area contributed by atoms with Crippen molar-refractivity contribution in [2.24, 2.45) is 0 Å². The lowest BCUT2D eigenvalue weighted by atomic mass is 9.67. The molecule has 0 fully saturated rings. The minimum atomic E-state index is -0.532. The van der Waals surface area contributed by atoms with E-state index in [1.807, 2.05) is 12.1 Å². The summed E-state index contributed by atoms with van der Waals surface area (Å²) in [5, 5.41) is 2.33. The molecule has 47 heavy (non-hydrogen) atoms. The third-order valence-corrected chi connectivity index (χ3v) is 10.0. The van der Waals surface area contributed by atoms with E-state index < -0.39 is 5.41 Å². The quantitative estimate of drug-likeness (QED) is 0.183. The van der Waals surface area contributed by atoms with Crippen LogP contribution in [-0.2, 0) is 5.41 Å². The molecule has 220 valence electrons. The first-order chi connectivity index (χ1) is 23.2. The molecule has 1 heteroatoms. The van der Waals surface area contributed by atoms with Gasteiger partial charge in [-0.2, -0.15) is 0 Å². The second-order valence-corrected chi connectivity index (χ2v) is 12.4. The summed E-state index contributed by atoms with van der Waals surface area (Å²) in [6.07, 6.45) is 9.64. The lowest BCUT2D eigenvalue weighted by Gasteiger charge is -2.34. The normalized spacial score (nSPS) is 15.5. The van der Waals surface area contributed by atoms with E-state index in [4.69, 9.17) is 11.2 Å². The highest BCUT2D eigenvalue weighted by molar-refractivity contribution is 6.10. The lowest BCUT2D eigenvalue weighted by molar-refractivity contribution is 0.487. The molecule has 0 radical (unpaired) electrons. The van der Waals surface area contributed by atoms with E-state index in [1.54, 1.807) is 0 Å². The number of aryl methyl sites for hydroxylation is 1. The maximum absolute atomic E-state index is 6.43. The first kappa shape index (κ1) is 27.2. The molecule has 1 aliphatic carbocycles. The monoisotopic (exact) mass is 598 g/mol. The number of para-hydroxylation sites is 1. The third kappa shape index (κ3) is 3.86. The zero-order valence-corrected chi connectivity index (χ0v) is 26.0. The Bertz CT molecular complexity index is 2460. The van der Waals surface area contributed by atoms with Gasteiger partial charge in [-0.15, -0.1) is 6.42 Å². The number of rotatable bonds is 4. The fourth-order valence-electron chi connectivity index (χ4n) is 8.07. The SMILES string of the molecule is C#C/C=C\c1c(C)ccc2c1-c1ccccc1C2(c1ccccc1)c1cccc(-c2ccc3cccc4c3c2-c2ccccc2O4)c1. The fourth-order valence-corrected chi connectivity index (χ4v) is 8.07. The Morgan fingerprint density at radius 3 is 2.21 bits per heavy atom. The molecule has 1 aliphatic heterocycles. The fraction of sp³-hybridized carbons (Fsp3) is 0.0435. The Labute approximate surface area is 275 Å². The summed E-state index contributed by atoms with van der Waals surface area (Å²) in [6.45, 7) is 2.17. The van der Waals surface area contributed by atoms with Crippen LogP contribution in [0.1, 0.15) is 33.4 Å². The van der Waals surface area contributed by atoms with Crippen molar-refractivity contribution in [3.63, 3.8) is 0 Å². The second kappa shape index (κ2) is 10.5. The van der Waals surface area contributed by atoms with Gasteiger partial charge in [0.25, 0.3) is 0 Å². The van der Waals surface area contributed by atoms with E-state index in [9.17, 15) is 0 Å². The van der Waals surface area contributed by atoms with E-state index >= 15 is 0 Å². The van der Waals surface area contributed by atoms with E-state index in [0.717, 1.165) is 22.4 Å². The van der Waals surface area contributed by atoms with Gasteiger partial charge in [0.2, 0.25) is 0 Å². The molecule has 7 aromatic rings. The van der Waals surface area contributed by atoms with Gasteiger partial charge in [0.15, 0.2) is 0 Å². The highest BCUT2D eigenvalue weighted by atomic mass is 16.5. The van der Waals surface area contributed by atoms with Gasteiger partial charge >= 0.3 is 0 Å². The van der Waals surface area contributed by atoms with Gasteiger partial charge in [0.1, 0.15) is 11.5 Å². The van der Waals surface area contributed by atoms with E-state index in [-0.39, 0.29) is 0 Å². The Morgan fingerprint density at radius 2 is 1.34 bits per heavy atom. The minimum absolute atomic E-state index is 0.532. The first-order valence-corrected chi connectivity index (χ1v) is 16.1. The van der Waals surface area contributed by atoms with Crippen LogP contribution in [-0.4, -0.2) is 0 Å². The van der Waals surface area contributed by atoms with Crippen molar-refractivity contribution in [2.75, 3.05) is 0 Å². The van der Waals surface area contributed by atoms with Crippen molar-refractivity contribution in [3.8, 4) is 57.2 Å². The first-order valence-electron chi connectivity index (χ1n) is 16.1. The van der Waals surface area contributed by atoms with Crippen LogP contribution >= 0.6 is 0 Å². The Morgan fingerprint density at radius 1 is 0.596 bits per heavy atom.